The fourth-order valence-corrected chi connectivity index (χ4v) is 9.54. The number of para-hydroxylation sites is 1. The Kier molecular flexibility index (Phi) is 7.39. The fourth-order valence-electron chi connectivity index (χ4n) is 8.46. The molecule has 0 spiro atoms. The number of nitrogens with zero attached hydrogens (tertiary/aromatic N) is 2. The first-order chi connectivity index (χ1) is 27.3. The van der Waals surface area contributed by atoms with E-state index in [0.717, 1.165) is 22.7 Å². The molecule has 11 aromatic rings. The maximum atomic E-state index is 2.43. The van der Waals surface area contributed by atoms with Crippen LogP contribution < -0.4 is 4.90 Å². The number of fused-ring (bicyclic) bond motifs is 8. The lowest BCUT2D eigenvalue weighted by Gasteiger charge is -2.26. The second kappa shape index (κ2) is 12.9. The zero-order valence-electron chi connectivity index (χ0n) is 29.9. The molecule has 0 fully saturated rings. The number of aromatic nitrogens is 1. The van der Waals surface area contributed by atoms with Crippen LogP contribution in [-0.2, 0) is 0 Å². The minimum Gasteiger partial charge on any atom is -0.310 e. The Hall–Kier alpha value is -6.94. The van der Waals surface area contributed by atoms with E-state index in [9.17, 15) is 0 Å². The van der Waals surface area contributed by atoms with Gasteiger partial charge in [0.25, 0.3) is 0 Å². The summed E-state index contributed by atoms with van der Waals surface area (Å²) >= 11 is 1.85. The van der Waals surface area contributed by atoms with E-state index in [1.807, 2.05) is 11.3 Å². The molecule has 2 nitrogen and oxygen atoms in total. The lowest BCUT2D eigenvalue weighted by atomic mass is 9.94. The van der Waals surface area contributed by atoms with Crippen LogP contribution in [0.2, 0.25) is 0 Å². The van der Waals surface area contributed by atoms with Crippen LogP contribution in [0, 0.1) is 0 Å². The summed E-state index contributed by atoms with van der Waals surface area (Å²) in [5, 5.41) is 7.66. The average Bonchev–Trinajstić information content (AvgIpc) is 3.80. The number of thiophene rings is 1. The van der Waals surface area contributed by atoms with Crippen molar-refractivity contribution in [2.24, 2.45) is 0 Å². The molecule has 2 aromatic heterocycles. The van der Waals surface area contributed by atoms with Crippen molar-refractivity contribution in [3.05, 3.63) is 206 Å². The molecule has 11 rings (SSSR count). The van der Waals surface area contributed by atoms with Crippen molar-refractivity contribution in [2.45, 2.75) is 0 Å². The molecule has 0 radical (unpaired) electrons. The third kappa shape index (κ3) is 5.24. The van der Waals surface area contributed by atoms with E-state index in [0.29, 0.717) is 0 Å². The molecule has 2 heterocycles. The summed E-state index contributed by atoms with van der Waals surface area (Å²) in [4.78, 5) is 2.38. The van der Waals surface area contributed by atoms with Gasteiger partial charge in [0.1, 0.15) is 0 Å². The van der Waals surface area contributed by atoms with Gasteiger partial charge in [0.05, 0.1) is 11.0 Å². The average molecular weight is 719 g/mol. The molecule has 0 bridgehead atoms. The highest BCUT2D eigenvalue weighted by Crippen LogP contribution is 2.43. The van der Waals surface area contributed by atoms with Crippen LogP contribution >= 0.6 is 11.3 Å². The molecule has 0 aliphatic heterocycles. The Balaban J connectivity index is 1.08. The number of hydrogen-bond acceptors (Lipinski definition) is 2. The molecule has 0 N–H and O–H groups in total. The van der Waals surface area contributed by atoms with E-state index in [1.165, 1.54) is 75.0 Å². The summed E-state index contributed by atoms with van der Waals surface area (Å²) in [6.45, 7) is 0. The van der Waals surface area contributed by atoms with Gasteiger partial charge in [-0.3, -0.25) is 0 Å². The lowest BCUT2D eigenvalue weighted by molar-refractivity contribution is 1.17. The molecule has 55 heavy (non-hydrogen) atoms. The van der Waals surface area contributed by atoms with Crippen molar-refractivity contribution in [3.8, 4) is 27.9 Å². The van der Waals surface area contributed by atoms with Crippen LogP contribution in [0.25, 0.3) is 80.7 Å². The van der Waals surface area contributed by atoms with Gasteiger partial charge in [-0.25, -0.2) is 0 Å². The van der Waals surface area contributed by atoms with Gasteiger partial charge >= 0.3 is 0 Å². The van der Waals surface area contributed by atoms with Crippen molar-refractivity contribution in [1.29, 1.82) is 0 Å². The Labute approximate surface area is 323 Å². The first-order valence-electron chi connectivity index (χ1n) is 18.8. The van der Waals surface area contributed by atoms with E-state index in [1.54, 1.807) is 0 Å². The highest BCUT2D eigenvalue weighted by atomic mass is 32.1. The molecular formula is C52H34N2S. The SMILES string of the molecule is c1ccc(-c2ccc(N(c3ccc(-n4c5ccccc5c5c6c(-c7ccccc7)cccc6ccc54)cc3)c3ccc4sc5ccccc5c4c3)cc2)cc1. The predicted molar refractivity (Wildman–Crippen MR) is 237 cm³/mol. The minimum absolute atomic E-state index is 1.10. The first-order valence-corrected chi connectivity index (χ1v) is 19.6. The van der Waals surface area contributed by atoms with Crippen LogP contribution in [0.1, 0.15) is 0 Å². The molecule has 0 saturated carbocycles. The maximum Gasteiger partial charge on any atom is 0.0547 e. The van der Waals surface area contributed by atoms with Crippen molar-refractivity contribution < 1.29 is 0 Å². The Morgan fingerprint density at radius 2 is 0.982 bits per heavy atom. The predicted octanol–water partition coefficient (Wildman–Crippen LogP) is 15.1. The van der Waals surface area contributed by atoms with E-state index >= 15 is 0 Å². The van der Waals surface area contributed by atoms with Crippen LogP contribution in [0.4, 0.5) is 17.1 Å². The van der Waals surface area contributed by atoms with Crippen molar-refractivity contribution in [2.75, 3.05) is 4.90 Å². The minimum atomic E-state index is 1.10. The Morgan fingerprint density at radius 3 is 1.76 bits per heavy atom. The second-order valence-electron chi connectivity index (χ2n) is 14.1. The molecule has 0 atom stereocenters. The van der Waals surface area contributed by atoms with Crippen LogP contribution in [0.15, 0.2) is 206 Å². The normalized spacial score (nSPS) is 11.6. The van der Waals surface area contributed by atoms with Crippen LogP contribution in [0.3, 0.4) is 0 Å². The molecule has 9 aromatic carbocycles. The van der Waals surface area contributed by atoms with Gasteiger partial charge in [-0.15, -0.1) is 11.3 Å². The van der Waals surface area contributed by atoms with Gasteiger partial charge in [0, 0.05) is 53.7 Å². The Bertz CT molecular complexity index is 3180. The number of rotatable bonds is 6. The highest BCUT2D eigenvalue weighted by molar-refractivity contribution is 7.25. The third-order valence-electron chi connectivity index (χ3n) is 11.0. The second-order valence-corrected chi connectivity index (χ2v) is 15.2. The van der Waals surface area contributed by atoms with Gasteiger partial charge in [0.2, 0.25) is 0 Å². The summed E-state index contributed by atoms with van der Waals surface area (Å²) in [5.41, 5.74) is 11.8. The van der Waals surface area contributed by atoms with E-state index in [-0.39, 0.29) is 0 Å². The molecule has 0 unspecified atom stereocenters. The summed E-state index contributed by atoms with van der Waals surface area (Å²) < 4.78 is 5.04. The smallest absolute Gasteiger partial charge is 0.0547 e. The highest BCUT2D eigenvalue weighted by Gasteiger charge is 2.19. The summed E-state index contributed by atoms with van der Waals surface area (Å²) in [7, 11) is 0. The molecule has 0 aliphatic carbocycles. The molecule has 3 heteroatoms. The molecule has 258 valence electrons. The number of hydrogen-bond donors (Lipinski definition) is 0. The van der Waals surface area contributed by atoms with Crippen molar-refractivity contribution in [1.82, 2.24) is 4.57 Å². The number of benzene rings is 9. The summed E-state index contributed by atoms with van der Waals surface area (Å²) in [6, 6.07) is 75.1. The molecule has 0 amide bonds. The third-order valence-corrected chi connectivity index (χ3v) is 12.1. The van der Waals surface area contributed by atoms with Gasteiger partial charge < -0.3 is 9.47 Å². The largest absolute Gasteiger partial charge is 0.310 e. The standard InChI is InChI=1S/C52H34N2S/c1-3-12-35(13-4-1)36-22-25-39(26-23-36)53(42-31-33-50-46(34-42)44-17-8-10-21-49(44)55-50)40-27-29-41(30-28-40)54-47-20-9-7-18-45(47)52-48(54)32-24-38-16-11-19-43(51(38)52)37-14-5-2-6-15-37/h1-34H. The number of anilines is 3. The fraction of sp³-hybridized carbons (Fsp3) is 0. The van der Waals surface area contributed by atoms with Crippen LogP contribution in [-0.4, -0.2) is 4.57 Å². The quantitative estimate of drug-likeness (QED) is 0.166. The lowest BCUT2D eigenvalue weighted by Crippen LogP contribution is -2.10. The van der Waals surface area contributed by atoms with Gasteiger partial charge in [0.15, 0.2) is 0 Å². The zero-order valence-corrected chi connectivity index (χ0v) is 30.7. The summed E-state index contributed by atoms with van der Waals surface area (Å²) in [5.74, 6) is 0. The molecule has 0 saturated heterocycles. The Morgan fingerprint density at radius 1 is 0.364 bits per heavy atom. The first kappa shape index (κ1) is 31.6. The van der Waals surface area contributed by atoms with Gasteiger partial charge in [-0.1, -0.05) is 133 Å². The van der Waals surface area contributed by atoms with Gasteiger partial charge in [-0.05, 0) is 106 Å². The maximum absolute atomic E-state index is 2.43. The van der Waals surface area contributed by atoms with Crippen LogP contribution in [0.5, 0.6) is 0 Å². The van der Waals surface area contributed by atoms with Gasteiger partial charge in [-0.2, -0.15) is 0 Å². The molecule has 0 aliphatic rings. The van der Waals surface area contributed by atoms with Crippen molar-refractivity contribution >= 4 is 81.1 Å². The monoisotopic (exact) mass is 718 g/mol. The topological polar surface area (TPSA) is 8.17 Å². The van der Waals surface area contributed by atoms with E-state index in [2.05, 4.69) is 216 Å². The van der Waals surface area contributed by atoms with Crippen molar-refractivity contribution in [3.63, 3.8) is 0 Å². The molecular weight excluding hydrogens is 685 g/mol. The van der Waals surface area contributed by atoms with E-state index < -0.39 is 0 Å². The summed E-state index contributed by atoms with van der Waals surface area (Å²) in [6.07, 6.45) is 0. The van der Waals surface area contributed by atoms with E-state index in [4.69, 9.17) is 0 Å². The zero-order chi connectivity index (χ0) is 36.3.